The van der Waals surface area contributed by atoms with Crippen molar-refractivity contribution in [1.29, 1.82) is 0 Å². The van der Waals surface area contributed by atoms with E-state index in [4.69, 9.17) is 33.2 Å². The van der Waals surface area contributed by atoms with Gasteiger partial charge in [-0.2, -0.15) is 13.2 Å². The van der Waals surface area contributed by atoms with Crippen molar-refractivity contribution in [3.05, 3.63) is 89.0 Å². The molecule has 0 bridgehead atoms. The Balaban J connectivity index is 1.10. The van der Waals surface area contributed by atoms with Gasteiger partial charge in [0.1, 0.15) is 24.2 Å². The third-order valence-electron chi connectivity index (χ3n) is 10.1. The van der Waals surface area contributed by atoms with Gasteiger partial charge in [-0.25, -0.2) is 4.79 Å². The molecule has 10 nitrogen and oxygen atoms in total. The van der Waals surface area contributed by atoms with Gasteiger partial charge in [-0.1, -0.05) is 44.2 Å². The van der Waals surface area contributed by atoms with Crippen LogP contribution in [0.3, 0.4) is 0 Å². The summed E-state index contributed by atoms with van der Waals surface area (Å²) in [6.07, 6.45) is -4.80. The van der Waals surface area contributed by atoms with E-state index in [1.807, 2.05) is 44.2 Å². The maximum absolute atomic E-state index is 14.2. The molecule has 3 fully saturated rings. The van der Waals surface area contributed by atoms with E-state index in [2.05, 4.69) is 18.7 Å². The standard InChI is InChI=1S/C40H47F3N2O8/c1-25(2)19-44(20-27-10-13-33-34(18-27)51-24-50-33)21-35-32(45(39(3,4)53-35)38(46)52-36-23-49-37-31(36)14-15-47-37)17-26-8-11-30(12-9-26)48-22-28-6-5-7-29(16-28)40(41,42)43/h5-13,16,18,25,31-32,35-37H,14-15,17,19-24H2,1-4H3/t31-,32-,35+,36-,37+/m0/s1. The third kappa shape index (κ3) is 8.69. The van der Waals surface area contributed by atoms with E-state index in [0.29, 0.717) is 43.3 Å². The van der Waals surface area contributed by atoms with Crippen LogP contribution in [0.1, 0.15) is 56.4 Å². The van der Waals surface area contributed by atoms with Crippen LogP contribution in [0.2, 0.25) is 0 Å². The third-order valence-corrected chi connectivity index (χ3v) is 10.1. The van der Waals surface area contributed by atoms with E-state index in [1.165, 1.54) is 6.07 Å². The van der Waals surface area contributed by atoms with Gasteiger partial charge >= 0.3 is 12.3 Å². The SMILES string of the molecule is CC(C)CN(Cc1ccc2c(c1)OCO2)C[C@H]1OC(C)(C)N(C(=O)O[C@H]2CO[C@H]3OCC[C@H]32)[C@H]1Cc1ccc(OCc2cccc(C(F)(F)F)c2)cc1. The molecule has 4 aliphatic heterocycles. The second-order valence-electron chi connectivity index (χ2n) is 15.1. The number of carbonyl (C=O) groups excluding carboxylic acids is 1. The summed E-state index contributed by atoms with van der Waals surface area (Å²) in [6, 6.07) is 18.1. The first-order valence-corrected chi connectivity index (χ1v) is 18.2. The average molecular weight is 741 g/mol. The molecule has 0 unspecified atom stereocenters. The minimum Gasteiger partial charge on any atom is -0.489 e. The fourth-order valence-electron chi connectivity index (χ4n) is 7.78. The molecule has 3 aromatic rings. The van der Waals surface area contributed by atoms with Crippen molar-refractivity contribution in [2.75, 3.05) is 33.1 Å². The molecule has 0 aliphatic carbocycles. The highest BCUT2D eigenvalue weighted by Crippen LogP contribution is 2.39. The van der Waals surface area contributed by atoms with Crippen LogP contribution in [0.4, 0.5) is 18.0 Å². The van der Waals surface area contributed by atoms with Crippen LogP contribution in [0.25, 0.3) is 0 Å². The van der Waals surface area contributed by atoms with Gasteiger partial charge < -0.3 is 33.2 Å². The molecular formula is C40H47F3N2O8. The van der Waals surface area contributed by atoms with E-state index < -0.39 is 35.7 Å². The van der Waals surface area contributed by atoms with Crippen molar-refractivity contribution in [3.63, 3.8) is 0 Å². The quantitative estimate of drug-likeness (QED) is 0.188. The fourth-order valence-corrected chi connectivity index (χ4v) is 7.78. The monoisotopic (exact) mass is 740 g/mol. The number of alkyl halides is 3. The van der Waals surface area contributed by atoms with Gasteiger partial charge in [0.15, 0.2) is 17.8 Å². The molecule has 3 saturated heterocycles. The average Bonchev–Trinajstić information content (AvgIpc) is 3.89. The van der Waals surface area contributed by atoms with Crippen LogP contribution >= 0.6 is 0 Å². The maximum atomic E-state index is 14.2. The Bertz CT molecular complexity index is 1740. The number of hydrogen-bond acceptors (Lipinski definition) is 9. The molecule has 13 heteroatoms. The Labute approximate surface area is 308 Å². The van der Waals surface area contributed by atoms with Crippen molar-refractivity contribution in [1.82, 2.24) is 9.80 Å². The number of fused-ring (bicyclic) bond motifs is 2. The van der Waals surface area contributed by atoms with Crippen LogP contribution in [0, 0.1) is 11.8 Å². The zero-order valence-electron chi connectivity index (χ0n) is 30.5. The molecule has 3 aromatic carbocycles. The summed E-state index contributed by atoms with van der Waals surface area (Å²) in [4.78, 5) is 18.2. The lowest BCUT2D eigenvalue weighted by molar-refractivity contribution is -0.137. The Morgan fingerprint density at radius 2 is 1.75 bits per heavy atom. The Morgan fingerprint density at radius 1 is 0.981 bits per heavy atom. The van der Waals surface area contributed by atoms with Gasteiger partial charge in [0.2, 0.25) is 6.79 Å². The van der Waals surface area contributed by atoms with Crippen molar-refractivity contribution in [3.8, 4) is 17.2 Å². The summed E-state index contributed by atoms with van der Waals surface area (Å²) < 4.78 is 81.0. The van der Waals surface area contributed by atoms with Gasteiger partial charge in [-0.15, -0.1) is 0 Å². The van der Waals surface area contributed by atoms with Gasteiger partial charge in [0.05, 0.1) is 36.8 Å². The largest absolute Gasteiger partial charge is 0.489 e. The predicted molar refractivity (Wildman–Crippen MR) is 187 cm³/mol. The van der Waals surface area contributed by atoms with Crippen molar-refractivity contribution < 1.29 is 51.1 Å². The molecule has 0 N–H and O–H groups in total. The van der Waals surface area contributed by atoms with E-state index in [9.17, 15) is 18.0 Å². The van der Waals surface area contributed by atoms with E-state index in [1.54, 1.807) is 23.1 Å². The molecule has 53 heavy (non-hydrogen) atoms. The predicted octanol–water partition coefficient (Wildman–Crippen LogP) is 7.42. The highest BCUT2D eigenvalue weighted by molar-refractivity contribution is 5.70. The number of ether oxygens (including phenoxy) is 7. The second-order valence-corrected chi connectivity index (χ2v) is 15.1. The van der Waals surface area contributed by atoms with Gasteiger partial charge in [-0.05, 0) is 85.7 Å². The topological polar surface area (TPSA) is 88.2 Å². The van der Waals surface area contributed by atoms with E-state index in [0.717, 1.165) is 47.7 Å². The lowest BCUT2D eigenvalue weighted by Crippen LogP contribution is -2.51. The summed E-state index contributed by atoms with van der Waals surface area (Å²) in [5.41, 5.74) is 0.739. The lowest BCUT2D eigenvalue weighted by Gasteiger charge is -2.34. The molecule has 0 saturated carbocycles. The summed E-state index contributed by atoms with van der Waals surface area (Å²) >= 11 is 0. The van der Waals surface area contributed by atoms with E-state index in [-0.39, 0.29) is 38.3 Å². The van der Waals surface area contributed by atoms with Gasteiger partial charge in [0, 0.05) is 19.6 Å². The number of halogens is 3. The van der Waals surface area contributed by atoms with E-state index >= 15 is 0 Å². The molecular weight excluding hydrogens is 693 g/mol. The fraction of sp³-hybridized carbons (Fsp3) is 0.525. The first-order valence-electron chi connectivity index (χ1n) is 18.2. The minimum atomic E-state index is -4.43. The molecule has 1 amide bonds. The van der Waals surface area contributed by atoms with Gasteiger partial charge in [0.25, 0.3) is 0 Å². The maximum Gasteiger partial charge on any atom is 0.416 e. The van der Waals surface area contributed by atoms with Crippen LogP contribution in [-0.4, -0.2) is 79.3 Å². The first kappa shape index (κ1) is 37.3. The Kier molecular flexibility index (Phi) is 10.8. The number of benzene rings is 3. The highest BCUT2D eigenvalue weighted by atomic mass is 19.4. The molecule has 4 heterocycles. The molecule has 286 valence electrons. The zero-order valence-corrected chi connectivity index (χ0v) is 30.5. The summed E-state index contributed by atoms with van der Waals surface area (Å²) in [7, 11) is 0. The van der Waals surface area contributed by atoms with Crippen LogP contribution < -0.4 is 14.2 Å². The Hall–Kier alpha value is -4.04. The summed E-state index contributed by atoms with van der Waals surface area (Å²) in [6.45, 7) is 11.2. The molecule has 7 rings (SSSR count). The molecule has 5 atom stereocenters. The van der Waals surface area contributed by atoms with Crippen molar-refractivity contribution in [2.45, 2.75) is 90.1 Å². The smallest absolute Gasteiger partial charge is 0.416 e. The van der Waals surface area contributed by atoms with Crippen LogP contribution in [0.5, 0.6) is 17.2 Å². The highest BCUT2D eigenvalue weighted by Gasteiger charge is 2.53. The first-order chi connectivity index (χ1) is 25.3. The van der Waals surface area contributed by atoms with Crippen molar-refractivity contribution >= 4 is 6.09 Å². The second kappa shape index (κ2) is 15.4. The number of hydrogen-bond donors (Lipinski definition) is 0. The summed E-state index contributed by atoms with van der Waals surface area (Å²) in [5.74, 6) is 2.33. The van der Waals surface area contributed by atoms with Crippen molar-refractivity contribution in [2.24, 2.45) is 11.8 Å². The zero-order chi connectivity index (χ0) is 37.3. The molecule has 0 spiro atoms. The molecule has 0 aromatic heterocycles. The summed E-state index contributed by atoms with van der Waals surface area (Å²) in [5, 5.41) is 0. The normalized spacial score (nSPS) is 24.6. The number of amides is 1. The van der Waals surface area contributed by atoms with Crippen LogP contribution in [0.15, 0.2) is 66.7 Å². The Morgan fingerprint density at radius 3 is 2.53 bits per heavy atom. The minimum absolute atomic E-state index is 0.00783. The van der Waals surface area contributed by atoms with Crippen LogP contribution in [-0.2, 0) is 44.7 Å². The number of carbonyl (C=O) groups is 1. The van der Waals surface area contributed by atoms with Gasteiger partial charge in [-0.3, -0.25) is 9.80 Å². The molecule has 0 radical (unpaired) electrons. The number of nitrogens with zero attached hydrogens (tertiary/aromatic N) is 2. The molecule has 4 aliphatic rings. The number of rotatable bonds is 12. The lowest BCUT2D eigenvalue weighted by atomic mass is 9.99.